The van der Waals surface area contributed by atoms with Gasteiger partial charge in [0.1, 0.15) is 12.0 Å². The molecular weight excluding hydrogens is 308 g/mol. The van der Waals surface area contributed by atoms with E-state index < -0.39 is 0 Å². The summed E-state index contributed by atoms with van der Waals surface area (Å²) < 4.78 is 10.3. The Morgan fingerprint density at radius 3 is 2.50 bits per heavy atom. The fourth-order valence-corrected chi connectivity index (χ4v) is 2.76. The average Bonchev–Trinajstić information content (AvgIpc) is 2.63. The molecule has 0 N–H and O–H groups in total. The number of carbonyl (C=O) groups is 1. The standard InChI is InChI=1S/C18H20N2O4/c1-23-17-13-24-15(11-16(17)21)12-19-7-9-20(10-8-19)18(22)14-5-3-2-4-6-14/h2-6,11,13H,7-10,12H2,1H3. The highest BCUT2D eigenvalue weighted by molar-refractivity contribution is 5.94. The smallest absolute Gasteiger partial charge is 0.253 e. The van der Waals surface area contributed by atoms with Crippen LogP contribution < -0.4 is 10.2 Å². The van der Waals surface area contributed by atoms with E-state index in [1.165, 1.54) is 19.4 Å². The molecule has 24 heavy (non-hydrogen) atoms. The van der Waals surface area contributed by atoms with Crippen LogP contribution in [-0.4, -0.2) is 49.0 Å². The minimum atomic E-state index is -0.184. The molecule has 6 nitrogen and oxygen atoms in total. The van der Waals surface area contributed by atoms with Gasteiger partial charge in [0.25, 0.3) is 5.91 Å². The van der Waals surface area contributed by atoms with Crippen LogP contribution in [0.1, 0.15) is 16.1 Å². The van der Waals surface area contributed by atoms with Gasteiger partial charge in [-0.05, 0) is 12.1 Å². The number of amides is 1. The van der Waals surface area contributed by atoms with Gasteiger partial charge in [0, 0.05) is 37.8 Å². The van der Waals surface area contributed by atoms with Crippen LogP contribution in [0.3, 0.4) is 0 Å². The zero-order valence-corrected chi connectivity index (χ0v) is 13.6. The lowest BCUT2D eigenvalue weighted by Gasteiger charge is -2.34. The lowest BCUT2D eigenvalue weighted by atomic mass is 10.2. The number of ether oxygens (including phenoxy) is 1. The maximum atomic E-state index is 12.4. The molecule has 2 aromatic rings. The van der Waals surface area contributed by atoms with Gasteiger partial charge >= 0.3 is 0 Å². The van der Waals surface area contributed by atoms with E-state index in [1.807, 2.05) is 35.2 Å². The summed E-state index contributed by atoms with van der Waals surface area (Å²) in [6, 6.07) is 10.8. The highest BCUT2D eigenvalue weighted by atomic mass is 16.5. The third kappa shape index (κ3) is 3.65. The second-order valence-corrected chi connectivity index (χ2v) is 5.71. The first-order chi connectivity index (χ1) is 11.7. The molecule has 2 heterocycles. The van der Waals surface area contributed by atoms with E-state index in [9.17, 15) is 9.59 Å². The van der Waals surface area contributed by atoms with E-state index in [0.717, 1.165) is 13.1 Å². The van der Waals surface area contributed by atoms with Gasteiger partial charge in [0.05, 0.1) is 13.7 Å². The first-order valence-corrected chi connectivity index (χ1v) is 7.90. The van der Waals surface area contributed by atoms with Gasteiger partial charge < -0.3 is 14.1 Å². The molecule has 1 saturated heterocycles. The monoisotopic (exact) mass is 328 g/mol. The van der Waals surface area contributed by atoms with Gasteiger partial charge in [-0.2, -0.15) is 0 Å². The average molecular weight is 328 g/mol. The summed E-state index contributed by atoms with van der Waals surface area (Å²) >= 11 is 0. The van der Waals surface area contributed by atoms with Crippen molar-refractivity contribution < 1.29 is 13.9 Å². The van der Waals surface area contributed by atoms with E-state index in [4.69, 9.17) is 9.15 Å². The number of rotatable bonds is 4. The van der Waals surface area contributed by atoms with E-state index in [0.29, 0.717) is 31.0 Å². The first kappa shape index (κ1) is 16.3. The molecule has 0 aliphatic carbocycles. The van der Waals surface area contributed by atoms with Crippen molar-refractivity contribution in [2.24, 2.45) is 0 Å². The molecule has 0 atom stereocenters. The van der Waals surface area contributed by atoms with E-state index in [1.54, 1.807) is 0 Å². The number of benzene rings is 1. The molecule has 1 aromatic carbocycles. The van der Waals surface area contributed by atoms with Crippen LogP contribution in [0.15, 0.2) is 51.9 Å². The lowest BCUT2D eigenvalue weighted by Crippen LogP contribution is -2.48. The van der Waals surface area contributed by atoms with Gasteiger partial charge in [0.2, 0.25) is 11.2 Å². The molecule has 0 saturated carbocycles. The second-order valence-electron chi connectivity index (χ2n) is 5.71. The van der Waals surface area contributed by atoms with Gasteiger partial charge in [-0.15, -0.1) is 0 Å². The van der Waals surface area contributed by atoms with Crippen molar-refractivity contribution in [3.8, 4) is 5.75 Å². The van der Waals surface area contributed by atoms with E-state index in [-0.39, 0.29) is 17.1 Å². The normalized spacial score (nSPS) is 15.3. The molecule has 126 valence electrons. The molecule has 1 aromatic heterocycles. The fourth-order valence-electron chi connectivity index (χ4n) is 2.76. The molecular formula is C18H20N2O4. The molecule has 0 unspecified atom stereocenters. The zero-order chi connectivity index (χ0) is 16.9. The van der Waals surface area contributed by atoms with Gasteiger partial charge in [0.15, 0.2) is 0 Å². The largest absolute Gasteiger partial charge is 0.490 e. The molecule has 1 aliphatic heterocycles. The SMILES string of the molecule is COc1coc(CN2CCN(C(=O)c3ccccc3)CC2)cc1=O. The van der Waals surface area contributed by atoms with Crippen LogP contribution in [-0.2, 0) is 6.54 Å². The molecule has 1 amide bonds. The Morgan fingerprint density at radius 2 is 1.88 bits per heavy atom. The summed E-state index contributed by atoms with van der Waals surface area (Å²) in [6.07, 6.45) is 1.34. The predicted molar refractivity (Wildman–Crippen MR) is 89.2 cm³/mol. The minimum Gasteiger partial charge on any atom is -0.490 e. The Hall–Kier alpha value is -2.60. The molecule has 0 radical (unpaired) electrons. The molecule has 0 spiro atoms. The summed E-state index contributed by atoms with van der Waals surface area (Å²) in [5.41, 5.74) is 0.531. The first-order valence-electron chi connectivity index (χ1n) is 7.90. The predicted octanol–water partition coefficient (Wildman–Crippen LogP) is 1.61. The molecule has 0 bridgehead atoms. The van der Waals surface area contributed by atoms with E-state index in [2.05, 4.69) is 4.90 Å². The van der Waals surface area contributed by atoms with Crippen molar-refractivity contribution >= 4 is 5.91 Å². The van der Waals surface area contributed by atoms with Gasteiger partial charge in [-0.25, -0.2) is 0 Å². The molecule has 1 fully saturated rings. The Morgan fingerprint density at radius 1 is 1.17 bits per heavy atom. The third-order valence-electron chi connectivity index (χ3n) is 4.13. The summed E-state index contributed by atoms with van der Waals surface area (Å²) in [5, 5.41) is 0. The minimum absolute atomic E-state index is 0.0613. The van der Waals surface area contributed by atoms with Crippen molar-refractivity contribution in [1.29, 1.82) is 0 Å². The molecule has 1 aliphatic rings. The Bertz CT molecular complexity index is 749. The molecule has 3 rings (SSSR count). The number of nitrogens with zero attached hydrogens (tertiary/aromatic N) is 2. The van der Waals surface area contributed by atoms with Crippen molar-refractivity contribution in [3.05, 3.63) is 64.2 Å². The Balaban J connectivity index is 1.56. The maximum Gasteiger partial charge on any atom is 0.253 e. The highest BCUT2D eigenvalue weighted by Crippen LogP contribution is 2.12. The van der Waals surface area contributed by atoms with Crippen molar-refractivity contribution in [3.63, 3.8) is 0 Å². The highest BCUT2D eigenvalue weighted by Gasteiger charge is 2.22. The van der Waals surface area contributed by atoms with Crippen LogP contribution in [0.5, 0.6) is 5.75 Å². The van der Waals surface area contributed by atoms with E-state index >= 15 is 0 Å². The van der Waals surface area contributed by atoms with Crippen LogP contribution in [0.25, 0.3) is 0 Å². The number of methoxy groups -OCH3 is 1. The number of carbonyl (C=O) groups excluding carboxylic acids is 1. The number of hydrogen-bond donors (Lipinski definition) is 0. The van der Waals surface area contributed by atoms with Crippen LogP contribution in [0, 0.1) is 0 Å². The topological polar surface area (TPSA) is 63.0 Å². The van der Waals surface area contributed by atoms with Crippen molar-refractivity contribution in [2.75, 3.05) is 33.3 Å². The summed E-state index contributed by atoms with van der Waals surface area (Å²) in [4.78, 5) is 28.2. The quantitative estimate of drug-likeness (QED) is 0.853. The molecule has 6 heteroatoms. The fraction of sp³-hybridized carbons (Fsp3) is 0.333. The van der Waals surface area contributed by atoms with Crippen LogP contribution in [0.4, 0.5) is 0 Å². The summed E-state index contributed by atoms with van der Waals surface area (Å²) in [5.74, 6) is 0.867. The second kappa shape index (κ2) is 7.31. The third-order valence-corrected chi connectivity index (χ3v) is 4.13. The van der Waals surface area contributed by atoms with Crippen molar-refractivity contribution in [2.45, 2.75) is 6.54 Å². The number of piperazine rings is 1. The van der Waals surface area contributed by atoms with Crippen LogP contribution >= 0.6 is 0 Å². The van der Waals surface area contributed by atoms with Gasteiger partial charge in [-0.1, -0.05) is 18.2 Å². The summed E-state index contributed by atoms with van der Waals surface area (Å²) in [6.45, 7) is 3.36. The maximum absolute atomic E-state index is 12.4. The lowest BCUT2D eigenvalue weighted by molar-refractivity contribution is 0.0619. The summed E-state index contributed by atoms with van der Waals surface area (Å²) in [7, 11) is 1.44. The Labute approximate surface area is 140 Å². The Kier molecular flexibility index (Phi) is 4.96. The zero-order valence-electron chi connectivity index (χ0n) is 13.6. The van der Waals surface area contributed by atoms with Gasteiger partial charge in [-0.3, -0.25) is 14.5 Å². The number of hydrogen-bond acceptors (Lipinski definition) is 5. The van der Waals surface area contributed by atoms with Crippen LogP contribution in [0.2, 0.25) is 0 Å². The van der Waals surface area contributed by atoms with Crippen molar-refractivity contribution in [1.82, 2.24) is 9.80 Å².